The number of rotatable bonds is 7. The number of hydrogen-bond donors (Lipinski definition) is 1. The molecule has 0 saturated heterocycles. The summed E-state index contributed by atoms with van der Waals surface area (Å²) in [6.45, 7) is 3.88. The second-order valence-electron chi connectivity index (χ2n) is 7.83. The van der Waals surface area contributed by atoms with Crippen LogP contribution in [-0.2, 0) is 25.6 Å². The molecule has 1 aliphatic heterocycles. The largest absolute Gasteiger partial charge is 0.349 e. The third-order valence-electron chi connectivity index (χ3n) is 5.22. The van der Waals surface area contributed by atoms with Crippen molar-refractivity contribution in [2.24, 2.45) is 0 Å². The van der Waals surface area contributed by atoms with Crippen molar-refractivity contribution in [1.82, 2.24) is 14.8 Å². The maximum Gasteiger partial charge on any atom is 0.246 e. The molecule has 0 bridgehead atoms. The van der Waals surface area contributed by atoms with Gasteiger partial charge in [0.2, 0.25) is 11.8 Å². The molecule has 0 aromatic carbocycles. The minimum atomic E-state index is -0.769. The van der Waals surface area contributed by atoms with Gasteiger partial charge in [-0.1, -0.05) is 12.2 Å². The predicted octanol–water partition coefficient (Wildman–Crippen LogP) is 2.62. The first-order valence-corrected chi connectivity index (χ1v) is 10.3. The minimum absolute atomic E-state index is 0. The molecule has 0 radical (unpaired) electrons. The zero-order chi connectivity index (χ0) is 22.4. The summed E-state index contributed by atoms with van der Waals surface area (Å²) in [7, 11) is 5.27. The molecule has 2 amide bonds. The van der Waals surface area contributed by atoms with Crippen LogP contribution in [0.5, 0.6) is 0 Å². The van der Waals surface area contributed by atoms with E-state index in [9.17, 15) is 9.59 Å². The number of carbonyl (C=O) groups excluding carboxylic acids is 2. The average Bonchev–Trinajstić information content (AvgIpc) is 2.88. The van der Waals surface area contributed by atoms with Crippen LogP contribution in [0.1, 0.15) is 24.5 Å². The number of pyridine rings is 1. The molecule has 1 aliphatic carbocycles. The van der Waals surface area contributed by atoms with Gasteiger partial charge in [0.05, 0.1) is 6.54 Å². The van der Waals surface area contributed by atoms with E-state index in [2.05, 4.69) is 10.3 Å². The van der Waals surface area contributed by atoms with Gasteiger partial charge in [-0.05, 0) is 43.3 Å². The molecule has 1 atom stereocenters. The highest BCUT2D eigenvalue weighted by molar-refractivity contribution is 5.93. The molecule has 0 saturated carbocycles. The Morgan fingerprint density at radius 2 is 2.19 bits per heavy atom. The van der Waals surface area contributed by atoms with E-state index in [0.717, 1.165) is 16.7 Å². The standard InChI is InChI=1S/C23H30N4O4.ClH/c1-5-31-23(30-4)10-6-7-18(12-23)14-27(3)21(29)9-8-17-11-19-15-26(2)16-20(28)25-22(19)24-13-17;/h6-11,13H,5,12,14-16H2,1-4H3,(H,24,25,28);1H/b9-8+;. The van der Waals surface area contributed by atoms with Gasteiger partial charge in [0.1, 0.15) is 5.82 Å². The van der Waals surface area contributed by atoms with E-state index in [0.29, 0.717) is 38.5 Å². The fourth-order valence-corrected chi connectivity index (χ4v) is 3.71. The Morgan fingerprint density at radius 3 is 2.91 bits per heavy atom. The lowest BCUT2D eigenvalue weighted by Gasteiger charge is -2.33. The Bertz CT molecular complexity index is 931. The summed E-state index contributed by atoms with van der Waals surface area (Å²) in [5, 5.41) is 2.81. The summed E-state index contributed by atoms with van der Waals surface area (Å²) in [4.78, 5) is 32.4. The van der Waals surface area contributed by atoms with E-state index < -0.39 is 5.79 Å². The van der Waals surface area contributed by atoms with Gasteiger partial charge in [0.15, 0.2) is 5.79 Å². The molecule has 3 rings (SSSR count). The van der Waals surface area contributed by atoms with Crippen molar-refractivity contribution >= 4 is 36.1 Å². The van der Waals surface area contributed by atoms with Gasteiger partial charge in [-0.2, -0.15) is 0 Å². The predicted molar refractivity (Wildman–Crippen MR) is 126 cm³/mol. The zero-order valence-electron chi connectivity index (χ0n) is 19.0. The van der Waals surface area contributed by atoms with E-state index in [4.69, 9.17) is 9.47 Å². The van der Waals surface area contributed by atoms with Gasteiger partial charge in [-0.3, -0.25) is 14.5 Å². The van der Waals surface area contributed by atoms with Gasteiger partial charge >= 0.3 is 0 Å². The van der Waals surface area contributed by atoms with E-state index in [1.807, 2.05) is 43.2 Å². The highest BCUT2D eigenvalue weighted by Gasteiger charge is 2.30. The van der Waals surface area contributed by atoms with Gasteiger partial charge in [-0.25, -0.2) is 4.98 Å². The third-order valence-corrected chi connectivity index (χ3v) is 5.22. The zero-order valence-corrected chi connectivity index (χ0v) is 19.8. The van der Waals surface area contributed by atoms with Crippen LogP contribution >= 0.6 is 12.4 Å². The fraction of sp³-hybridized carbons (Fsp3) is 0.435. The summed E-state index contributed by atoms with van der Waals surface area (Å²) in [6.07, 6.45) is 11.3. The molecule has 1 N–H and O–H groups in total. The second kappa shape index (κ2) is 11.4. The van der Waals surface area contributed by atoms with Crippen LogP contribution < -0.4 is 5.32 Å². The summed E-state index contributed by atoms with van der Waals surface area (Å²) in [6, 6.07) is 1.94. The molecule has 0 spiro atoms. The molecule has 9 heteroatoms. The summed E-state index contributed by atoms with van der Waals surface area (Å²) >= 11 is 0. The molecule has 1 aromatic heterocycles. The van der Waals surface area contributed by atoms with Crippen LogP contribution in [0, 0.1) is 0 Å². The highest BCUT2D eigenvalue weighted by Crippen LogP contribution is 2.28. The average molecular weight is 463 g/mol. The smallest absolute Gasteiger partial charge is 0.246 e. The van der Waals surface area contributed by atoms with Crippen LogP contribution in [0.3, 0.4) is 0 Å². The Morgan fingerprint density at radius 1 is 1.41 bits per heavy atom. The second-order valence-corrected chi connectivity index (χ2v) is 7.83. The van der Waals surface area contributed by atoms with Gasteiger partial charge in [0, 0.05) is 58.1 Å². The first-order chi connectivity index (χ1) is 14.8. The Hall–Kier alpha value is -2.52. The van der Waals surface area contributed by atoms with Crippen molar-refractivity contribution in [3.63, 3.8) is 0 Å². The summed E-state index contributed by atoms with van der Waals surface area (Å²) in [5.74, 6) is -0.393. The van der Waals surface area contributed by atoms with Gasteiger partial charge in [-0.15, -0.1) is 12.4 Å². The normalized spacial score (nSPS) is 20.8. The minimum Gasteiger partial charge on any atom is -0.349 e. The summed E-state index contributed by atoms with van der Waals surface area (Å²) in [5.41, 5.74) is 2.77. The number of fused-ring (bicyclic) bond motifs is 1. The molecule has 1 aromatic rings. The quantitative estimate of drug-likeness (QED) is 0.495. The van der Waals surface area contributed by atoms with E-state index in [1.165, 1.54) is 6.08 Å². The van der Waals surface area contributed by atoms with Crippen molar-refractivity contribution < 1.29 is 19.1 Å². The fourth-order valence-electron chi connectivity index (χ4n) is 3.71. The van der Waals surface area contributed by atoms with Crippen LogP contribution in [0.4, 0.5) is 5.82 Å². The van der Waals surface area contributed by atoms with Crippen LogP contribution in [-0.4, -0.2) is 73.3 Å². The molecule has 0 fully saturated rings. The Labute approximate surface area is 195 Å². The lowest BCUT2D eigenvalue weighted by atomic mass is 9.98. The number of amides is 2. The number of anilines is 1. The van der Waals surface area contributed by atoms with Crippen LogP contribution in [0.25, 0.3) is 6.08 Å². The van der Waals surface area contributed by atoms with E-state index in [-0.39, 0.29) is 24.2 Å². The number of hydrogen-bond acceptors (Lipinski definition) is 6. The molecular formula is C23H31ClN4O4. The first-order valence-electron chi connectivity index (χ1n) is 10.3. The number of halogens is 1. The lowest BCUT2D eigenvalue weighted by molar-refractivity contribution is -0.185. The highest BCUT2D eigenvalue weighted by atomic mass is 35.5. The monoisotopic (exact) mass is 462 g/mol. The van der Waals surface area contributed by atoms with E-state index in [1.54, 1.807) is 31.3 Å². The maximum atomic E-state index is 12.6. The number of nitrogens with zero attached hydrogens (tertiary/aromatic N) is 3. The lowest BCUT2D eigenvalue weighted by Crippen LogP contribution is -2.37. The van der Waals surface area contributed by atoms with Gasteiger partial charge < -0.3 is 19.7 Å². The molecule has 2 aliphatic rings. The van der Waals surface area contributed by atoms with Crippen molar-refractivity contribution in [1.29, 1.82) is 0 Å². The third kappa shape index (κ3) is 6.49. The van der Waals surface area contributed by atoms with E-state index >= 15 is 0 Å². The molecule has 174 valence electrons. The number of aromatic nitrogens is 1. The Balaban J connectivity index is 0.00000363. The topological polar surface area (TPSA) is 84.0 Å². The Kier molecular flexibility index (Phi) is 9.15. The van der Waals surface area contributed by atoms with Crippen molar-refractivity contribution in [3.05, 3.63) is 53.3 Å². The molecule has 2 heterocycles. The number of carbonyl (C=O) groups is 2. The summed E-state index contributed by atoms with van der Waals surface area (Å²) < 4.78 is 11.3. The van der Waals surface area contributed by atoms with Crippen molar-refractivity contribution in [2.75, 3.05) is 46.2 Å². The number of ether oxygens (including phenoxy) is 2. The van der Waals surface area contributed by atoms with Crippen molar-refractivity contribution in [3.8, 4) is 0 Å². The molecule has 32 heavy (non-hydrogen) atoms. The van der Waals surface area contributed by atoms with Crippen LogP contribution in [0.2, 0.25) is 0 Å². The molecular weight excluding hydrogens is 432 g/mol. The maximum absolute atomic E-state index is 12.6. The first kappa shape index (κ1) is 25.7. The molecule has 8 nitrogen and oxygen atoms in total. The number of methoxy groups -OCH3 is 1. The number of nitrogens with one attached hydrogen (secondary N) is 1. The van der Waals surface area contributed by atoms with Crippen molar-refractivity contribution in [2.45, 2.75) is 25.7 Å². The number of allylic oxidation sites excluding steroid dienone is 2. The number of likely N-dealkylation sites (N-methyl/N-ethyl adjacent to an activating group) is 2. The van der Waals surface area contributed by atoms with Gasteiger partial charge in [0.25, 0.3) is 0 Å². The SMILES string of the molecule is CCOC1(OC)C=CC=C(CN(C)C(=O)/C=C/c2cnc3c(c2)CN(C)CC(=O)N3)C1.Cl. The molecule has 1 unspecified atom stereocenters. The van der Waals surface area contributed by atoms with Crippen LogP contribution in [0.15, 0.2) is 42.1 Å².